The summed E-state index contributed by atoms with van der Waals surface area (Å²) in [6.07, 6.45) is 2.64. The SMILES string of the molecule is Cc1sc(NC(=O)C2C3CCC(C3)C2C(=O)[O-])nc1-c1ccc(C(C)C)cc1. The van der Waals surface area contributed by atoms with Gasteiger partial charge in [0.1, 0.15) is 0 Å². The summed E-state index contributed by atoms with van der Waals surface area (Å²) in [6.45, 7) is 6.30. The first kappa shape index (κ1) is 19.1. The number of fused-ring (bicyclic) bond motifs is 2. The van der Waals surface area contributed by atoms with E-state index in [-0.39, 0.29) is 17.7 Å². The molecule has 1 aromatic heterocycles. The molecule has 6 heteroatoms. The van der Waals surface area contributed by atoms with Crippen molar-refractivity contribution in [1.29, 1.82) is 0 Å². The van der Waals surface area contributed by atoms with Crippen LogP contribution in [0.3, 0.4) is 0 Å². The second kappa shape index (κ2) is 7.32. The fourth-order valence-corrected chi connectivity index (χ4v) is 5.78. The Morgan fingerprint density at radius 3 is 2.39 bits per heavy atom. The first-order chi connectivity index (χ1) is 13.3. The molecule has 1 N–H and O–H groups in total. The summed E-state index contributed by atoms with van der Waals surface area (Å²) >= 11 is 1.43. The average Bonchev–Trinajstić information content (AvgIpc) is 3.35. The first-order valence-corrected chi connectivity index (χ1v) is 10.8. The van der Waals surface area contributed by atoms with Crippen LogP contribution in [0.15, 0.2) is 24.3 Å². The van der Waals surface area contributed by atoms with Gasteiger partial charge in [0.25, 0.3) is 0 Å². The highest BCUT2D eigenvalue weighted by Gasteiger charge is 2.51. The summed E-state index contributed by atoms with van der Waals surface area (Å²) in [7, 11) is 0. The number of carboxylic acid groups (broad SMARTS) is 1. The minimum atomic E-state index is -1.09. The monoisotopic (exact) mass is 397 g/mol. The standard InChI is InChI=1S/C22H26N2O3S/c1-11(2)13-4-6-14(7-5-13)19-12(3)28-22(23-19)24-20(25)17-15-8-9-16(10-15)18(17)21(26)27/h4-7,11,15-18H,8-10H2,1-3H3,(H,26,27)(H,23,24,25)/p-1. The van der Waals surface area contributed by atoms with E-state index < -0.39 is 17.8 Å². The quantitative estimate of drug-likeness (QED) is 0.836. The molecule has 5 nitrogen and oxygen atoms in total. The topological polar surface area (TPSA) is 82.1 Å². The molecule has 2 aliphatic rings. The van der Waals surface area contributed by atoms with Crippen LogP contribution in [0, 0.1) is 30.6 Å². The molecule has 1 aromatic carbocycles. The molecule has 4 unspecified atom stereocenters. The van der Waals surface area contributed by atoms with Gasteiger partial charge in [-0.05, 0) is 49.5 Å². The van der Waals surface area contributed by atoms with E-state index in [1.54, 1.807) is 0 Å². The Balaban J connectivity index is 1.52. The van der Waals surface area contributed by atoms with Crippen molar-refractivity contribution in [3.8, 4) is 11.3 Å². The van der Waals surface area contributed by atoms with Crippen LogP contribution in [0.4, 0.5) is 5.13 Å². The summed E-state index contributed by atoms with van der Waals surface area (Å²) in [5.41, 5.74) is 3.15. The highest BCUT2D eigenvalue weighted by Crippen LogP contribution is 2.52. The summed E-state index contributed by atoms with van der Waals surface area (Å²) < 4.78 is 0. The summed E-state index contributed by atoms with van der Waals surface area (Å²) in [6, 6.07) is 8.34. The van der Waals surface area contributed by atoms with Crippen molar-refractivity contribution in [3.05, 3.63) is 34.7 Å². The lowest BCUT2D eigenvalue weighted by molar-refractivity contribution is -0.314. The molecule has 4 rings (SSSR count). The molecule has 2 aliphatic carbocycles. The molecule has 2 aromatic rings. The van der Waals surface area contributed by atoms with Gasteiger partial charge in [0.15, 0.2) is 5.13 Å². The molecular formula is C22H25N2O3S-. The third kappa shape index (κ3) is 3.34. The molecular weight excluding hydrogens is 372 g/mol. The zero-order valence-corrected chi connectivity index (χ0v) is 17.2. The number of carbonyl (C=O) groups excluding carboxylic acids is 2. The number of aliphatic carboxylic acids is 1. The van der Waals surface area contributed by atoms with Gasteiger partial charge in [-0.15, -0.1) is 11.3 Å². The van der Waals surface area contributed by atoms with Gasteiger partial charge in [-0.3, -0.25) is 4.79 Å². The van der Waals surface area contributed by atoms with E-state index in [1.165, 1.54) is 16.9 Å². The van der Waals surface area contributed by atoms with Crippen LogP contribution in [0.1, 0.15) is 49.5 Å². The maximum absolute atomic E-state index is 12.9. The average molecular weight is 398 g/mol. The fraction of sp³-hybridized carbons (Fsp3) is 0.500. The van der Waals surface area contributed by atoms with Gasteiger partial charge in [0.2, 0.25) is 5.91 Å². The Hall–Kier alpha value is -2.21. The van der Waals surface area contributed by atoms with Gasteiger partial charge in [-0.2, -0.15) is 0 Å². The van der Waals surface area contributed by atoms with Crippen molar-refractivity contribution in [1.82, 2.24) is 4.98 Å². The van der Waals surface area contributed by atoms with Crippen LogP contribution < -0.4 is 10.4 Å². The normalized spacial score (nSPS) is 26.0. The highest BCUT2D eigenvalue weighted by molar-refractivity contribution is 7.16. The molecule has 28 heavy (non-hydrogen) atoms. The largest absolute Gasteiger partial charge is 0.550 e. The van der Waals surface area contributed by atoms with Gasteiger partial charge in [-0.1, -0.05) is 38.1 Å². The summed E-state index contributed by atoms with van der Waals surface area (Å²) in [5.74, 6) is -1.77. The number of hydrogen-bond acceptors (Lipinski definition) is 5. The van der Waals surface area contributed by atoms with Crippen LogP contribution in [0.2, 0.25) is 0 Å². The number of hydrogen-bond donors (Lipinski definition) is 1. The van der Waals surface area contributed by atoms with Crippen LogP contribution >= 0.6 is 11.3 Å². The molecule has 1 amide bonds. The predicted octanol–water partition coefficient (Wildman–Crippen LogP) is 3.59. The van der Waals surface area contributed by atoms with Crippen molar-refractivity contribution in [2.45, 2.75) is 46.0 Å². The smallest absolute Gasteiger partial charge is 0.230 e. The third-order valence-electron chi connectivity index (χ3n) is 6.37. The van der Waals surface area contributed by atoms with Gasteiger partial charge < -0.3 is 15.2 Å². The lowest BCUT2D eigenvalue weighted by Crippen LogP contribution is -2.43. The van der Waals surface area contributed by atoms with E-state index in [0.29, 0.717) is 11.0 Å². The zero-order valence-electron chi connectivity index (χ0n) is 16.4. The van der Waals surface area contributed by atoms with Crippen LogP contribution in [-0.4, -0.2) is 16.9 Å². The second-order valence-electron chi connectivity index (χ2n) is 8.39. The molecule has 4 atom stereocenters. The zero-order chi connectivity index (χ0) is 20.0. The predicted molar refractivity (Wildman–Crippen MR) is 108 cm³/mol. The number of aromatic nitrogens is 1. The molecule has 0 aliphatic heterocycles. The Morgan fingerprint density at radius 1 is 1.14 bits per heavy atom. The molecule has 148 valence electrons. The minimum absolute atomic E-state index is 0.0822. The van der Waals surface area contributed by atoms with Crippen LogP contribution in [-0.2, 0) is 9.59 Å². The number of nitrogens with zero attached hydrogens (tertiary/aromatic N) is 1. The number of rotatable bonds is 5. The number of carbonyl (C=O) groups is 2. The Labute approximate surface area is 169 Å². The van der Waals surface area contributed by atoms with E-state index in [2.05, 4.69) is 48.4 Å². The number of thiazole rings is 1. The van der Waals surface area contributed by atoms with Crippen molar-refractivity contribution in [2.75, 3.05) is 5.32 Å². The van der Waals surface area contributed by atoms with Gasteiger partial charge >= 0.3 is 0 Å². The van der Waals surface area contributed by atoms with Crippen LogP contribution in [0.25, 0.3) is 11.3 Å². The van der Waals surface area contributed by atoms with E-state index in [0.717, 1.165) is 35.4 Å². The fourth-order valence-electron chi connectivity index (χ4n) is 4.94. The van der Waals surface area contributed by atoms with E-state index in [9.17, 15) is 14.7 Å². The number of nitrogens with one attached hydrogen (secondary N) is 1. The third-order valence-corrected chi connectivity index (χ3v) is 7.26. The summed E-state index contributed by atoms with van der Waals surface area (Å²) in [4.78, 5) is 30.1. The molecule has 0 saturated heterocycles. The lowest BCUT2D eigenvalue weighted by Gasteiger charge is -2.30. The maximum Gasteiger partial charge on any atom is 0.230 e. The maximum atomic E-state index is 12.9. The molecule has 2 bridgehead atoms. The van der Waals surface area contributed by atoms with Crippen molar-refractivity contribution in [3.63, 3.8) is 0 Å². The second-order valence-corrected chi connectivity index (χ2v) is 9.60. The van der Waals surface area contributed by atoms with Crippen molar-refractivity contribution < 1.29 is 14.7 Å². The van der Waals surface area contributed by atoms with Crippen molar-refractivity contribution >= 4 is 28.3 Å². The van der Waals surface area contributed by atoms with E-state index >= 15 is 0 Å². The lowest BCUT2D eigenvalue weighted by atomic mass is 9.79. The van der Waals surface area contributed by atoms with Crippen LogP contribution in [0.5, 0.6) is 0 Å². The number of carboxylic acids is 1. The number of amides is 1. The van der Waals surface area contributed by atoms with Gasteiger partial charge in [0.05, 0.1) is 5.69 Å². The van der Waals surface area contributed by atoms with Gasteiger partial charge in [-0.25, -0.2) is 4.98 Å². The number of anilines is 1. The van der Waals surface area contributed by atoms with E-state index in [1.807, 2.05) is 6.92 Å². The number of aryl methyl sites for hydroxylation is 1. The van der Waals surface area contributed by atoms with Crippen molar-refractivity contribution in [2.24, 2.45) is 23.7 Å². The molecule has 2 saturated carbocycles. The molecule has 2 fully saturated rings. The Kier molecular flexibility index (Phi) is 5.00. The Morgan fingerprint density at radius 2 is 1.79 bits per heavy atom. The van der Waals surface area contributed by atoms with E-state index in [4.69, 9.17) is 0 Å². The summed E-state index contributed by atoms with van der Waals surface area (Å²) in [5, 5.41) is 15.0. The molecule has 0 spiro atoms. The first-order valence-electron chi connectivity index (χ1n) is 9.94. The minimum Gasteiger partial charge on any atom is -0.550 e. The Bertz CT molecular complexity index is 903. The molecule has 0 radical (unpaired) electrons. The van der Waals surface area contributed by atoms with Gasteiger partial charge in [0, 0.05) is 28.2 Å². The number of benzene rings is 1. The molecule has 1 heterocycles. The highest BCUT2D eigenvalue weighted by atomic mass is 32.1.